The standard InChI is InChI=1S/C14H8BrFN2O/c15-10-4-3-5-11(16)13(10)14(19)9(8-17)12-6-1-2-7-18-12/h1-7,9H. The van der Waals surface area contributed by atoms with Gasteiger partial charge in [0.15, 0.2) is 11.7 Å². The fraction of sp³-hybridized carbons (Fsp3) is 0.0714. The third-order valence-corrected chi connectivity index (χ3v) is 3.24. The van der Waals surface area contributed by atoms with Gasteiger partial charge in [-0.1, -0.05) is 12.1 Å². The summed E-state index contributed by atoms with van der Waals surface area (Å²) in [5.74, 6) is -2.38. The first-order chi connectivity index (χ1) is 9.15. The minimum atomic E-state index is -1.12. The second-order valence-corrected chi connectivity index (χ2v) is 4.63. The minimum absolute atomic E-state index is 0.125. The maximum absolute atomic E-state index is 13.7. The van der Waals surface area contributed by atoms with Crippen molar-refractivity contribution in [1.82, 2.24) is 4.98 Å². The molecule has 0 aliphatic rings. The van der Waals surface area contributed by atoms with E-state index in [9.17, 15) is 9.18 Å². The van der Waals surface area contributed by atoms with E-state index in [-0.39, 0.29) is 5.56 Å². The number of carbonyl (C=O) groups excluding carboxylic acids is 1. The molecule has 0 aliphatic heterocycles. The van der Waals surface area contributed by atoms with Gasteiger partial charge in [0.1, 0.15) is 5.82 Å². The highest BCUT2D eigenvalue weighted by molar-refractivity contribution is 9.10. The number of hydrogen-bond donors (Lipinski definition) is 0. The Morgan fingerprint density at radius 2 is 2.11 bits per heavy atom. The molecule has 0 N–H and O–H groups in total. The monoisotopic (exact) mass is 318 g/mol. The zero-order valence-corrected chi connectivity index (χ0v) is 11.3. The van der Waals surface area contributed by atoms with Gasteiger partial charge in [-0.3, -0.25) is 9.78 Å². The highest BCUT2D eigenvalue weighted by atomic mass is 79.9. The first kappa shape index (κ1) is 13.4. The van der Waals surface area contributed by atoms with Crippen molar-refractivity contribution in [2.45, 2.75) is 5.92 Å². The molecule has 94 valence electrons. The van der Waals surface area contributed by atoms with Crippen LogP contribution in [0.1, 0.15) is 22.0 Å². The second-order valence-electron chi connectivity index (χ2n) is 3.78. The Morgan fingerprint density at radius 3 is 2.68 bits per heavy atom. The molecule has 0 saturated heterocycles. The third-order valence-electron chi connectivity index (χ3n) is 2.58. The van der Waals surface area contributed by atoms with E-state index in [2.05, 4.69) is 20.9 Å². The number of carbonyl (C=O) groups is 1. The number of pyridine rings is 1. The van der Waals surface area contributed by atoms with Gasteiger partial charge in [-0.25, -0.2) is 4.39 Å². The molecule has 0 saturated carbocycles. The largest absolute Gasteiger partial charge is 0.292 e. The topological polar surface area (TPSA) is 53.8 Å². The number of nitrogens with zero attached hydrogens (tertiary/aromatic N) is 2. The number of aromatic nitrogens is 1. The number of ketones is 1. The molecule has 2 aromatic rings. The lowest BCUT2D eigenvalue weighted by molar-refractivity contribution is 0.0973. The fourth-order valence-corrected chi connectivity index (χ4v) is 2.22. The van der Waals surface area contributed by atoms with Crippen LogP contribution < -0.4 is 0 Å². The molecule has 2 rings (SSSR count). The Bertz CT molecular complexity index is 632. The predicted octanol–water partition coefficient (Wildman–Crippen LogP) is 3.47. The number of benzene rings is 1. The molecule has 3 nitrogen and oxygen atoms in total. The molecule has 0 radical (unpaired) electrons. The van der Waals surface area contributed by atoms with Gasteiger partial charge in [0.25, 0.3) is 0 Å². The number of rotatable bonds is 3. The molecular formula is C14H8BrFN2O. The van der Waals surface area contributed by atoms with Gasteiger partial charge in [0.05, 0.1) is 17.3 Å². The smallest absolute Gasteiger partial charge is 0.190 e. The molecular weight excluding hydrogens is 311 g/mol. The van der Waals surface area contributed by atoms with Gasteiger partial charge < -0.3 is 0 Å². The molecule has 1 aromatic carbocycles. The van der Waals surface area contributed by atoms with Crippen LogP contribution in [0.4, 0.5) is 4.39 Å². The van der Waals surface area contributed by atoms with Gasteiger partial charge in [-0.05, 0) is 40.2 Å². The van der Waals surface area contributed by atoms with E-state index in [1.807, 2.05) is 6.07 Å². The quantitative estimate of drug-likeness (QED) is 0.814. The first-order valence-corrected chi connectivity index (χ1v) is 6.23. The minimum Gasteiger partial charge on any atom is -0.292 e. The molecule has 5 heteroatoms. The molecule has 1 heterocycles. The Hall–Kier alpha value is -2.06. The van der Waals surface area contributed by atoms with Crippen molar-refractivity contribution in [3.05, 3.63) is 64.1 Å². The Balaban J connectivity index is 2.46. The van der Waals surface area contributed by atoms with Gasteiger partial charge in [-0.15, -0.1) is 0 Å². The van der Waals surface area contributed by atoms with Crippen LogP contribution in [-0.2, 0) is 0 Å². The van der Waals surface area contributed by atoms with Crippen LogP contribution in [0.15, 0.2) is 47.1 Å². The zero-order valence-electron chi connectivity index (χ0n) is 9.68. The van der Waals surface area contributed by atoms with E-state index < -0.39 is 17.5 Å². The Kier molecular flexibility index (Phi) is 4.03. The second kappa shape index (κ2) is 5.72. The van der Waals surface area contributed by atoms with Crippen molar-refractivity contribution in [3.63, 3.8) is 0 Å². The zero-order chi connectivity index (χ0) is 13.8. The van der Waals surface area contributed by atoms with Gasteiger partial charge in [-0.2, -0.15) is 5.26 Å². The highest BCUT2D eigenvalue weighted by Gasteiger charge is 2.26. The molecule has 0 spiro atoms. The number of hydrogen-bond acceptors (Lipinski definition) is 3. The molecule has 1 atom stereocenters. The van der Waals surface area contributed by atoms with Crippen molar-refractivity contribution >= 4 is 21.7 Å². The summed E-state index contributed by atoms with van der Waals surface area (Å²) in [6.45, 7) is 0. The van der Waals surface area contributed by atoms with Gasteiger partial charge >= 0.3 is 0 Å². The summed E-state index contributed by atoms with van der Waals surface area (Å²) in [5, 5.41) is 9.14. The number of halogens is 2. The lowest BCUT2D eigenvalue weighted by atomic mass is 9.95. The average molecular weight is 319 g/mol. The predicted molar refractivity (Wildman–Crippen MR) is 71.0 cm³/mol. The molecule has 0 fully saturated rings. The number of nitriles is 1. The lowest BCUT2D eigenvalue weighted by Crippen LogP contribution is -2.14. The van der Waals surface area contributed by atoms with Crippen LogP contribution in [0, 0.1) is 17.1 Å². The molecule has 0 aliphatic carbocycles. The highest BCUT2D eigenvalue weighted by Crippen LogP contribution is 2.26. The Labute approximate surface area is 117 Å². The van der Waals surface area contributed by atoms with Crippen LogP contribution in [0.2, 0.25) is 0 Å². The van der Waals surface area contributed by atoms with E-state index in [1.54, 1.807) is 24.3 Å². The lowest BCUT2D eigenvalue weighted by Gasteiger charge is -2.09. The van der Waals surface area contributed by atoms with Crippen molar-refractivity contribution in [2.75, 3.05) is 0 Å². The van der Waals surface area contributed by atoms with Crippen molar-refractivity contribution < 1.29 is 9.18 Å². The summed E-state index contributed by atoms with van der Waals surface area (Å²) in [4.78, 5) is 16.3. The normalized spacial score (nSPS) is 11.6. The Morgan fingerprint density at radius 1 is 1.32 bits per heavy atom. The summed E-state index contributed by atoms with van der Waals surface area (Å²) in [6.07, 6.45) is 1.49. The van der Waals surface area contributed by atoms with E-state index in [0.717, 1.165) is 0 Å². The van der Waals surface area contributed by atoms with E-state index in [1.165, 1.54) is 18.3 Å². The summed E-state index contributed by atoms with van der Waals surface area (Å²) >= 11 is 3.13. The maximum Gasteiger partial charge on any atom is 0.190 e. The summed E-state index contributed by atoms with van der Waals surface area (Å²) in [6, 6.07) is 11.0. The van der Waals surface area contributed by atoms with Crippen LogP contribution >= 0.6 is 15.9 Å². The molecule has 0 amide bonds. The molecule has 1 aromatic heterocycles. The van der Waals surface area contributed by atoms with E-state index in [0.29, 0.717) is 10.2 Å². The molecule has 19 heavy (non-hydrogen) atoms. The van der Waals surface area contributed by atoms with Crippen molar-refractivity contribution in [1.29, 1.82) is 5.26 Å². The first-order valence-electron chi connectivity index (χ1n) is 5.44. The van der Waals surface area contributed by atoms with Crippen LogP contribution in [-0.4, -0.2) is 10.8 Å². The summed E-state index contributed by atoms with van der Waals surface area (Å²) < 4.78 is 14.1. The van der Waals surface area contributed by atoms with Crippen LogP contribution in [0.5, 0.6) is 0 Å². The van der Waals surface area contributed by atoms with Gasteiger partial charge in [0, 0.05) is 10.7 Å². The van der Waals surface area contributed by atoms with Crippen LogP contribution in [0.3, 0.4) is 0 Å². The average Bonchev–Trinajstić information content (AvgIpc) is 2.40. The van der Waals surface area contributed by atoms with Crippen LogP contribution in [0.25, 0.3) is 0 Å². The van der Waals surface area contributed by atoms with E-state index >= 15 is 0 Å². The maximum atomic E-state index is 13.7. The molecule has 0 bridgehead atoms. The third kappa shape index (κ3) is 2.69. The SMILES string of the molecule is N#CC(C(=O)c1c(F)cccc1Br)c1ccccn1. The van der Waals surface area contributed by atoms with E-state index in [4.69, 9.17) is 5.26 Å². The molecule has 1 unspecified atom stereocenters. The summed E-state index contributed by atoms with van der Waals surface area (Å²) in [7, 11) is 0. The summed E-state index contributed by atoms with van der Waals surface area (Å²) in [5.41, 5.74) is 0.185. The van der Waals surface area contributed by atoms with Gasteiger partial charge in [0.2, 0.25) is 0 Å². The number of Topliss-reactive ketones (excluding diaryl/α,β-unsaturated/α-hetero) is 1. The fourth-order valence-electron chi connectivity index (χ4n) is 1.68. The van der Waals surface area contributed by atoms with Crippen molar-refractivity contribution in [2.24, 2.45) is 0 Å². The van der Waals surface area contributed by atoms with Crippen molar-refractivity contribution in [3.8, 4) is 6.07 Å².